The number of rotatable bonds is 7. The van der Waals surface area contributed by atoms with Crippen molar-refractivity contribution in [2.75, 3.05) is 25.2 Å². The van der Waals surface area contributed by atoms with Crippen LogP contribution in [0.5, 0.6) is 11.5 Å². The summed E-state index contributed by atoms with van der Waals surface area (Å²) in [6.07, 6.45) is 0.725. The first-order valence-electron chi connectivity index (χ1n) is 6.70. The molecule has 0 bridgehead atoms. The lowest BCUT2D eigenvalue weighted by Crippen LogP contribution is -2.05. The highest BCUT2D eigenvalue weighted by atomic mass is 32.2. The minimum atomic E-state index is -1.01. The van der Waals surface area contributed by atoms with Crippen LogP contribution in [0.1, 0.15) is 6.42 Å². The summed E-state index contributed by atoms with van der Waals surface area (Å²) in [7, 11) is 0.601. The molecule has 5 heteroatoms. The molecule has 0 spiro atoms. The van der Waals surface area contributed by atoms with Crippen molar-refractivity contribution in [3.05, 3.63) is 48.5 Å². The van der Waals surface area contributed by atoms with Crippen molar-refractivity contribution in [2.24, 2.45) is 0 Å². The van der Waals surface area contributed by atoms with Crippen molar-refractivity contribution in [1.29, 1.82) is 0 Å². The number of ether oxygens (including phenoxy) is 2. The van der Waals surface area contributed by atoms with Gasteiger partial charge >= 0.3 is 0 Å². The minimum Gasteiger partial charge on any atom is -0.497 e. The molecule has 0 saturated carbocycles. The van der Waals surface area contributed by atoms with Crippen LogP contribution in [-0.4, -0.2) is 23.7 Å². The fourth-order valence-electron chi connectivity index (χ4n) is 1.79. The Morgan fingerprint density at radius 2 is 1.62 bits per heavy atom. The Bertz CT molecular complexity index is 581. The maximum Gasteiger partial charge on any atom is 0.119 e. The molecule has 2 rings (SSSR count). The molecule has 112 valence electrons. The summed E-state index contributed by atoms with van der Waals surface area (Å²) < 4.78 is 22.7. The molecule has 2 N–H and O–H groups in total. The van der Waals surface area contributed by atoms with Crippen LogP contribution in [0.4, 0.5) is 5.69 Å². The van der Waals surface area contributed by atoms with Crippen LogP contribution in [0.15, 0.2) is 53.4 Å². The van der Waals surface area contributed by atoms with Crippen LogP contribution in [0, 0.1) is 0 Å². The van der Waals surface area contributed by atoms with Crippen molar-refractivity contribution in [3.63, 3.8) is 0 Å². The molecular formula is C16H19NO3S. The first-order chi connectivity index (χ1) is 10.2. The summed E-state index contributed by atoms with van der Waals surface area (Å²) in [5, 5.41) is 0. The molecular weight excluding hydrogens is 286 g/mol. The molecule has 0 radical (unpaired) electrons. The molecule has 2 aromatic carbocycles. The van der Waals surface area contributed by atoms with Gasteiger partial charge in [0.25, 0.3) is 0 Å². The van der Waals surface area contributed by atoms with Gasteiger partial charge in [-0.05, 0) is 55.0 Å². The van der Waals surface area contributed by atoms with E-state index < -0.39 is 10.8 Å². The molecule has 0 aliphatic rings. The zero-order chi connectivity index (χ0) is 15.1. The smallest absolute Gasteiger partial charge is 0.119 e. The van der Waals surface area contributed by atoms with E-state index in [0.717, 1.165) is 22.8 Å². The maximum absolute atomic E-state index is 12.1. The Morgan fingerprint density at radius 1 is 1.00 bits per heavy atom. The van der Waals surface area contributed by atoms with Gasteiger partial charge in [0.2, 0.25) is 0 Å². The Hall–Kier alpha value is -2.01. The topological polar surface area (TPSA) is 61.5 Å². The van der Waals surface area contributed by atoms with Gasteiger partial charge in [-0.1, -0.05) is 0 Å². The van der Waals surface area contributed by atoms with Crippen LogP contribution in [0.2, 0.25) is 0 Å². The third kappa shape index (κ3) is 4.79. The van der Waals surface area contributed by atoms with Crippen molar-refractivity contribution >= 4 is 16.5 Å². The predicted molar refractivity (Wildman–Crippen MR) is 85.2 cm³/mol. The molecule has 0 amide bonds. The lowest BCUT2D eigenvalue weighted by Gasteiger charge is -2.07. The SMILES string of the molecule is COc1ccc(S(=O)CCCOc2ccc(N)cc2)cc1. The van der Waals surface area contributed by atoms with Gasteiger partial charge in [-0.3, -0.25) is 4.21 Å². The van der Waals surface area contributed by atoms with Gasteiger partial charge in [-0.25, -0.2) is 0 Å². The summed E-state index contributed by atoms with van der Waals surface area (Å²) in [4.78, 5) is 0.809. The number of nitrogen functional groups attached to an aromatic ring is 1. The van der Waals surface area contributed by atoms with Crippen LogP contribution in [-0.2, 0) is 10.8 Å². The van der Waals surface area contributed by atoms with E-state index in [9.17, 15) is 4.21 Å². The van der Waals surface area contributed by atoms with Gasteiger partial charge in [-0.2, -0.15) is 0 Å². The van der Waals surface area contributed by atoms with Crippen LogP contribution in [0.3, 0.4) is 0 Å². The second kappa shape index (κ2) is 7.69. The van der Waals surface area contributed by atoms with E-state index >= 15 is 0 Å². The largest absolute Gasteiger partial charge is 0.497 e. The van der Waals surface area contributed by atoms with Crippen LogP contribution >= 0.6 is 0 Å². The summed E-state index contributed by atoms with van der Waals surface area (Å²) in [6.45, 7) is 0.534. The average Bonchev–Trinajstić information content (AvgIpc) is 2.53. The van der Waals surface area contributed by atoms with Crippen molar-refractivity contribution in [1.82, 2.24) is 0 Å². The fraction of sp³-hybridized carbons (Fsp3) is 0.250. The molecule has 0 aromatic heterocycles. The second-order valence-corrected chi connectivity index (χ2v) is 6.07. The van der Waals surface area contributed by atoms with E-state index in [1.165, 1.54) is 0 Å². The van der Waals surface area contributed by atoms with Crippen LogP contribution < -0.4 is 15.2 Å². The van der Waals surface area contributed by atoms with Crippen molar-refractivity contribution < 1.29 is 13.7 Å². The highest BCUT2D eigenvalue weighted by molar-refractivity contribution is 7.85. The monoisotopic (exact) mass is 305 g/mol. The van der Waals surface area contributed by atoms with Gasteiger partial charge in [0.05, 0.1) is 24.5 Å². The van der Waals surface area contributed by atoms with Crippen molar-refractivity contribution in [2.45, 2.75) is 11.3 Å². The fourth-order valence-corrected chi connectivity index (χ4v) is 2.84. The quantitative estimate of drug-likeness (QED) is 0.631. The molecule has 1 atom stereocenters. The third-order valence-corrected chi connectivity index (χ3v) is 4.40. The van der Waals surface area contributed by atoms with Gasteiger partial charge in [0, 0.05) is 16.3 Å². The van der Waals surface area contributed by atoms with Gasteiger partial charge in [0.1, 0.15) is 11.5 Å². The summed E-state index contributed by atoms with van der Waals surface area (Å²) in [5.41, 5.74) is 6.31. The van der Waals surface area contributed by atoms with Crippen LogP contribution in [0.25, 0.3) is 0 Å². The Kier molecular flexibility index (Phi) is 5.63. The molecule has 1 unspecified atom stereocenters. The van der Waals surface area contributed by atoms with E-state index in [1.807, 2.05) is 36.4 Å². The number of anilines is 1. The first-order valence-corrected chi connectivity index (χ1v) is 8.01. The lowest BCUT2D eigenvalue weighted by molar-refractivity contribution is 0.318. The highest BCUT2D eigenvalue weighted by Crippen LogP contribution is 2.16. The third-order valence-electron chi connectivity index (χ3n) is 2.95. The standard InChI is InChI=1S/C16H19NO3S/c1-19-14-7-9-16(10-8-14)21(18)12-2-11-20-15-5-3-13(17)4-6-15/h3-10H,2,11-12,17H2,1H3. The maximum atomic E-state index is 12.1. The molecule has 0 aliphatic carbocycles. The van der Waals surface area contributed by atoms with Gasteiger partial charge in [0.15, 0.2) is 0 Å². The number of benzene rings is 2. The molecule has 0 aliphatic heterocycles. The Labute approximate surface area is 127 Å². The van der Waals surface area contributed by atoms with E-state index in [1.54, 1.807) is 19.2 Å². The zero-order valence-electron chi connectivity index (χ0n) is 12.0. The molecule has 0 heterocycles. The molecule has 2 aromatic rings. The van der Waals surface area contributed by atoms with Gasteiger partial charge in [-0.15, -0.1) is 0 Å². The van der Waals surface area contributed by atoms with E-state index in [4.69, 9.17) is 15.2 Å². The number of hydrogen-bond donors (Lipinski definition) is 1. The van der Waals surface area contributed by atoms with E-state index in [2.05, 4.69) is 0 Å². The molecule has 21 heavy (non-hydrogen) atoms. The van der Waals surface area contributed by atoms with E-state index in [0.29, 0.717) is 18.0 Å². The average molecular weight is 305 g/mol. The van der Waals surface area contributed by atoms with Gasteiger partial charge < -0.3 is 15.2 Å². The first kappa shape index (κ1) is 15.4. The molecule has 0 fully saturated rings. The Balaban J connectivity index is 1.74. The summed E-state index contributed by atoms with van der Waals surface area (Å²) >= 11 is 0. The number of hydrogen-bond acceptors (Lipinski definition) is 4. The second-order valence-electron chi connectivity index (χ2n) is 4.50. The predicted octanol–water partition coefficient (Wildman–Crippen LogP) is 2.85. The molecule has 4 nitrogen and oxygen atoms in total. The summed E-state index contributed by atoms with van der Waals surface area (Å²) in [5.74, 6) is 2.11. The lowest BCUT2D eigenvalue weighted by atomic mass is 10.3. The Morgan fingerprint density at radius 3 is 2.24 bits per heavy atom. The number of nitrogens with two attached hydrogens (primary N) is 1. The highest BCUT2D eigenvalue weighted by Gasteiger charge is 2.04. The normalized spacial score (nSPS) is 11.9. The zero-order valence-corrected chi connectivity index (χ0v) is 12.8. The summed E-state index contributed by atoms with van der Waals surface area (Å²) in [6, 6.07) is 14.5. The molecule has 0 saturated heterocycles. The van der Waals surface area contributed by atoms with Crippen molar-refractivity contribution in [3.8, 4) is 11.5 Å². The minimum absolute atomic E-state index is 0.534. The van der Waals surface area contributed by atoms with E-state index in [-0.39, 0.29) is 0 Å². The number of methoxy groups -OCH3 is 1.